The SMILES string of the molecule is CN(Cc1ncc[nH]1)C(=O)c1ccc(S(=O)(=O)NCCCN)cc1. The maximum absolute atomic E-state index is 12.3. The van der Waals surface area contributed by atoms with Crippen molar-refractivity contribution in [1.29, 1.82) is 0 Å². The Hall–Kier alpha value is -2.23. The van der Waals surface area contributed by atoms with Crippen molar-refractivity contribution in [3.05, 3.63) is 48.0 Å². The zero-order valence-corrected chi connectivity index (χ0v) is 14.2. The lowest BCUT2D eigenvalue weighted by molar-refractivity contribution is 0.0782. The molecule has 2 rings (SSSR count). The Balaban J connectivity index is 2.04. The summed E-state index contributed by atoms with van der Waals surface area (Å²) in [4.78, 5) is 21.0. The van der Waals surface area contributed by atoms with Gasteiger partial charge in [-0.1, -0.05) is 0 Å². The molecule has 4 N–H and O–H groups in total. The zero-order valence-electron chi connectivity index (χ0n) is 13.4. The average molecular weight is 351 g/mol. The summed E-state index contributed by atoms with van der Waals surface area (Å²) < 4.78 is 26.6. The normalized spacial score (nSPS) is 11.4. The van der Waals surface area contributed by atoms with Crippen molar-refractivity contribution in [3.8, 4) is 0 Å². The Morgan fingerprint density at radius 1 is 1.33 bits per heavy atom. The summed E-state index contributed by atoms with van der Waals surface area (Å²) in [5, 5.41) is 0. The quantitative estimate of drug-likeness (QED) is 0.591. The topological polar surface area (TPSA) is 121 Å². The van der Waals surface area contributed by atoms with E-state index in [0.29, 0.717) is 30.9 Å². The molecule has 0 aliphatic rings. The van der Waals surface area contributed by atoms with Gasteiger partial charge in [0.15, 0.2) is 0 Å². The highest BCUT2D eigenvalue weighted by atomic mass is 32.2. The first-order chi connectivity index (χ1) is 11.4. The van der Waals surface area contributed by atoms with E-state index in [4.69, 9.17) is 5.73 Å². The molecule has 1 heterocycles. The molecule has 0 fully saturated rings. The predicted molar refractivity (Wildman–Crippen MR) is 89.7 cm³/mol. The van der Waals surface area contributed by atoms with E-state index in [-0.39, 0.29) is 17.3 Å². The smallest absolute Gasteiger partial charge is 0.254 e. The summed E-state index contributed by atoms with van der Waals surface area (Å²) in [7, 11) is -1.93. The van der Waals surface area contributed by atoms with Gasteiger partial charge in [-0.05, 0) is 37.2 Å². The van der Waals surface area contributed by atoms with Gasteiger partial charge >= 0.3 is 0 Å². The van der Waals surface area contributed by atoms with Crippen LogP contribution in [0.3, 0.4) is 0 Å². The van der Waals surface area contributed by atoms with Crippen molar-refractivity contribution in [3.63, 3.8) is 0 Å². The highest BCUT2D eigenvalue weighted by Crippen LogP contribution is 2.12. The molecule has 1 aromatic heterocycles. The number of sulfonamides is 1. The number of amides is 1. The van der Waals surface area contributed by atoms with Gasteiger partial charge in [-0.3, -0.25) is 4.79 Å². The minimum Gasteiger partial charge on any atom is -0.347 e. The van der Waals surface area contributed by atoms with Crippen LogP contribution in [0.15, 0.2) is 41.6 Å². The van der Waals surface area contributed by atoms with Gasteiger partial charge in [-0.2, -0.15) is 0 Å². The van der Waals surface area contributed by atoms with Gasteiger partial charge in [0.05, 0.1) is 11.4 Å². The number of carbonyl (C=O) groups is 1. The van der Waals surface area contributed by atoms with E-state index in [1.807, 2.05) is 0 Å². The number of aromatic nitrogens is 2. The monoisotopic (exact) mass is 351 g/mol. The van der Waals surface area contributed by atoms with Crippen LogP contribution in [-0.4, -0.2) is 49.3 Å². The molecule has 0 atom stereocenters. The number of benzene rings is 1. The number of nitrogens with one attached hydrogen (secondary N) is 2. The lowest BCUT2D eigenvalue weighted by atomic mass is 10.2. The molecule has 0 aliphatic heterocycles. The number of nitrogens with zero attached hydrogens (tertiary/aromatic N) is 2. The Morgan fingerprint density at radius 2 is 2.04 bits per heavy atom. The highest BCUT2D eigenvalue weighted by Gasteiger charge is 2.16. The number of nitrogens with two attached hydrogens (primary N) is 1. The molecule has 0 unspecified atom stereocenters. The third-order valence-corrected chi connectivity index (χ3v) is 4.85. The van der Waals surface area contributed by atoms with Crippen LogP contribution in [0, 0.1) is 0 Å². The van der Waals surface area contributed by atoms with Crippen molar-refractivity contribution in [2.75, 3.05) is 20.1 Å². The van der Waals surface area contributed by atoms with Crippen LogP contribution < -0.4 is 10.5 Å². The van der Waals surface area contributed by atoms with Crippen molar-refractivity contribution < 1.29 is 13.2 Å². The fourth-order valence-corrected chi connectivity index (χ4v) is 3.14. The first-order valence-corrected chi connectivity index (χ1v) is 8.96. The molecule has 1 aromatic carbocycles. The summed E-state index contributed by atoms with van der Waals surface area (Å²) in [5.74, 6) is 0.459. The van der Waals surface area contributed by atoms with Crippen LogP contribution in [0.4, 0.5) is 0 Å². The second-order valence-electron chi connectivity index (χ2n) is 5.26. The standard InChI is InChI=1S/C15H21N5O3S/c1-20(11-14-17-9-10-18-14)15(21)12-3-5-13(6-4-12)24(22,23)19-8-2-7-16/h3-6,9-10,19H,2,7-8,11,16H2,1H3,(H,17,18). The lowest BCUT2D eigenvalue weighted by Crippen LogP contribution is -2.27. The minimum atomic E-state index is -3.58. The molecule has 0 spiro atoms. The molecule has 24 heavy (non-hydrogen) atoms. The fraction of sp³-hybridized carbons (Fsp3) is 0.333. The van der Waals surface area contributed by atoms with Crippen LogP contribution in [0.25, 0.3) is 0 Å². The van der Waals surface area contributed by atoms with E-state index >= 15 is 0 Å². The second kappa shape index (κ2) is 8.04. The summed E-state index contributed by atoms with van der Waals surface area (Å²) in [5.41, 5.74) is 5.75. The molecule has 0 aliphatic carbocycles. The van der Waals surface area contributed by atoms with Gasteiger partial charge in [-0.15, -0.1) is 0 Å². The molecule has 0 radical (unpaired) electrons. The Morgan fingerprint density at radius 3 is 2.62 bits per heavy atom. The number of rotatable bonds is 8. The van der Waals surface area contributed by atoms with E-state index in [9.17, 15) is 13.2 Å². The summed E-state index contributed by atoms with van der Waals surface area (Å²) in [6.45, 7) is 1.04. The third kappa shape index (κ3) is 4.63. The summed E-state index contributed by atoms with van der Waals surface area (Å²) in [6, 6.07) is 5.83. The molecule has 8 nitrogen and oxygen atoms in total. The molecular formula is C15H21N5O3S. The fourth-order valence-electron chi connectivity index (χ4n) is 2.07. The average Bonchev–Trinajstić information content (AvgIpc) is 3.07. The zero-order chi connectivity index (χ0) is 17.6. The Labute approximate surface area is 141 Å². The minimum absolute atomic E-state index is 0.116. The molecule has 2 aromatic rings. The van der Waals surface area contributed by atoms with Gasteiger partial charge in [0, 0.05) is 31.5 Å². The number of H-pyrrole nitrogens is 1. The molecule has 130 valence electrons. The van der Waals surface area contributed by atoms with Gasteiger partial charge in [0.2, 0.25) is 10.0 Å². The van der Waals surface area contributed by atoms with E-state index in [1.54, 1.807) is 19.4 Å². The van der Waals surface area contributed by atoms with Crippen LogP contribution >= 0.6 is 0 Å². The van der Waals surface area contributed by atoms with Crippen molar-refractivity contribution in [1.82, 2.24) is 19.6 Å². The predicted octanol–water partition coefficient (Wildman–Crippen LogP) is 0.309. The van der Waals surface area contributed by atoms with Crippen molar-refractivity contribution in [2.24, 2.45) is 5.73 Å². The van der Waals surface area contributed by atoms with E-state index in [1.165, 1.54) is 29.2 Å². The molecular weight excluding hydrogens is 330 g/mol. The Bertz CT molecular complexity index is 757. The summed E-state index contributed by atoms with van der Waals surface area (Å²) in [6.07, 6.45) is 3.86. The molecule has 0 bridgehead atoms. The molecule has 9 heteroatoms. The highest BCUT2D eigenvalue weighted by molar-refractivity contribution is 7.89. The largest absolute Gasteiger partial charge is 0.347 e. The number of imidazole rings is 1. The van der Waals surface area contributed by atoms with Crippen molar-refractivity contribution in [2.45, 2.75) is 17.9 Å². The van der Waals surface area contributed by atoms with Gasteiger partial charge in [0.25, 0.3) is 5.91 Å². The number of hydrogen-bond donors (Lipinski definition) is 3. The van der Waals surface area contributed by atoms with Crippen molar-refractivity contribution >= 4 is 15.9 Å². The number of hydrogen-bond acceptors (Lipinski definition) is 5. The van der Waals surface area contributed by atoms with Crippen LogP contribution in [-0.2, 0) is 16.6 Å². The van der Waals surface area contributed by atoms with Gasteiger partial charge in [-0.25, -0.2) is 18.1 Å². The van der Waals surface area contributed by atoms with Crippen LogP contribution in [0.5, 0.6) is 0 Å². The maximum Gasteiger partial charge on any atom is 0.254 e. The van der Waals surface area contributed by atoms with Gasteiger partial charge in [0.1, 0.15) is 5.82 Å². The molecule has 0 saturated carbocycles. The first kappa shape index (κ1) is 18.1. The maximum atomic E-state index is 12.3. The van der Waals surface area contributed by atoms with Crippen LogP contribution in [0.1, 0.15) is 22.6 Å². The second-order valence-corrected chi connectivity index (χ2v) is 7.03. The number of carbonyl (C=O) groups excluding carboxylic acids is 1. The summed E-state index contributed by atoms with van der Waals surface area (Å²) >= 11 is 0. The molecule has 1 amide bonds. The van der Waals surface area contributed by atoms with E-state index < -0.39 is 10.0 Å². The van der Waals surface area contributed by atoms with E-state index in [2.05, 4.69) is 14.7 Å². The Kier molecular flexibility index (Phi) is 6.07. The molecule has 0 saturated heterocycles. The first-order valence-electron chi connectivity index (χ1n) is 7.47. The van der Waals surface area contributed by atoms with E-state index in [0.717, 1.165) is 0 Å². The lowest BCUT2D eigenvalue weighted by Gasteiger charge is -2.16. The third-order valence-electron chi connectivity index (χ3n) is 3.37. The van der Waals surface area contributed by atoms with Gasteiger partial charge < -0.3 is 15.6 Å². The number of aromatic amines is 1. The van der Waals surface area contributed by atoms with Crippen LogP contribution in [0.2, 0.25) is 0 Å².